The Morgan fingerprint density at radius 1 is 1.50 bits per heavy atom. The number of nitrogens with two attached hydrogens (primary N) is 1. The number of fused-ring (bicyclic) bond motifs is 1. The van der Waals surface area contributed by atoms with Crippen LogP contribution >= 0.6 is 0 Å². The van der Waals surface area contributed by atoms with Crippen LogP contribution in [0.2, 0.25) is 0 Å². The van der Waals surface area contributed by atoms with Gasteiger partial charge in [-0.25, -0.2) is 4.39 Å². The summed E-state index contributed by atoms with van der Waals surface area (Å²) in [7, 11) is 2.09. The van der Waals surface area contributed by atoms with Gasteiger partial charge in [0.15, 0.2) is 0 Å². The van der Waals surface area contributed by atoms with Crippen molar-refractivity contribution in [1.29, 1.82) is 0 Å². The van der Waals surface area contributed by atoms with Crippen LogP contribution in [-0.2, 0) is 0 Å². The van der Waals surface area contributed by atoms with Crippen LogP contribution in [0, 0.1) is 5.82 Å². The van der Waals surface area contributed by atoms with Gasteiger partial charge in [-0.3, -0.25) is 0 Å². The molecule has 2 aliphatic heterocycles. The molecular formula is C14H19FN2O. The van der Waals surface area contributed by atoms with E-state index in [1.807, 2.05) is 0 Å². The second-order valence-electron chi connectivity index (χ2n) is 5.62. The fourth-order valence-electron chi connectivity index (χ4n) is 3.26. The highest BCUT2D eigenvalue weighted by Crippen LogP contribution is 2.42. The van der Waals surface area contributed by atoms with Crippen LogP contribution in [0.1, 0.15) is 30.9 Å². The standard InChI is InChI=1S/C14H19FN2O/c1-17-6-2-5-14(9-17)8-12(16)11-4-3-10(15)7-13(11)18-14/h3-4,7,12H,2,5-6,8-9,16H2,1H3/t12-,14?/m0/s1. The first-order valence-electron chi connectivity index (χ1n) is 6.51. The van der Waals surface area contributed by atoms with Crippen LogP contribution < -0.4 is 10.5 Å². The zero-order valence-corrected chi connectivity index (χ0v) is 10.7. The molecule has 0 radical (unpaired) electrons. The predicted molar refractivity (Wildman–Crippen MR) is 68.0 cm³/mol. The molecule has 3 rings (SSSR count). The third-order valence-corrected chi connectivity index (χ3v) is 4.02. The Morgan fingerprint density at radius 3 is 3.11 bits per heavy atom. The number of halogens is 1. The summed E-state index contributed by atoms with van der Waals surface area (Å²) in [6, 6.07) is 4.60. The first-order valence-corrected chi connectivity index (χ1v) is 6.51. The van der Waals surface area contributed by atoms with Gasteiger partial charge < -0.3 is 15.4 Å². The third-order valence-electron chi connectivity index (χ3n) is 4.02. The topological polar surface area (TPSA) is 38.5 Å². The molecule has 98 valence electrons. The molecule has 0 bridgehead atoms. The van der Waals surface area contributed by atoms with Crippen molar-refractivity contribution in [2.45, 2.75) is 30.9 Å². The fourth-order valence-corrected chi connectivity index (χ4v) is 3.26. The molecule has 2 heterocycles. The summed E-state index contributed by atoms with van der Waals surface area (Å²) in [6.45, 7) is 1.97. The quantitative estimate of drug-likeness (QED) is 0.766. The zero-order chi connectivity index (χ0) is 12.8. The van der Waals surface area contributed by atoms with E-state index in [4.69, 9.17) is 10.5 Å². The van der Waals surface area contributed by atoms with Gasteiger partial charge >= 0.3 is 0 Å². The molecule has 1 saturated heterocycles. The summed E-state index contributed by atoms with van der Waals surface area (Å²) in [6.07, 6.45) is 2.92. The lowest BCUT2D eigenvalue weighted by atomic mass is 9.82. The molecule has 1 fully saturated rings. The monoisotopic (exact) mass is 250 g/mol. The average Bonchev–Trinajstić information content (AvgIpc) is 2.27. The van der Waals surface area contributed by atoms with E-state index < -0.39 is 0 Å². The normalized spacial score (nSPS) is 32.1. The van der Waals surface area contributed by atoms with E-state index >= 15 is 0 Å². The van der Waals surface area contributed by atoms with Gasteiger partial charge in [0.05, 0.1) is 0 Å². The summed E-state index contributed by atoms with van der Waals surface area (Å²) in [5.74, 6) is 0.367. The Bertz CT molecular complexity index is 465. The number of likely N-dealkylation sites (N-methyl/N-ethyl adjacent to an activating group) is 1. The highest BCUT2D eigenvalue weighted by Gasteiger charge is 2.42. The molecule has 2 N–H and O–H groups in total. The number of piperidine rings is 1. The van der Waals surface area contributed by atoms with Crippen LogP contribution in [-0.4, -0.2) is 30.6 Å². The molecule has 3 nitrogen and oxygen atoms in total. The zero-order valence-electron chi connectivity index (χ0n) is 10.7. The number of hydrogen-bond acceptors (Lipinski definition) is 3. The maximum atomic E-state index is 13.3. The summed E-state index contributed by atoms with van der Waals surface area (Å²) >= 11 is 0. The number of likely N-dealkylation sites (tertiary alicyclic amines) is 1. The lowest BCUT2D eigenvalue weighted by molar-refractivity contribution is -0.0236. The SMILES string of the molecule is CN1CCCC2(C[C@H](N)c3ccc(F)cc3O2)C1. The first-order chi connectivity index (χ1) is 8.58. The van der Waals surface area contributed by atoms with Crippen LogP contribution in [0.3, 0.4) is 0 Å². The molecular weight excluding hydrogens is 231 g/mol. The van der Waals surface area contributed by atoms with Crippen LogP contribution in [0.5, 0.6) is 5.75 Å². The number of hydrogen-bond donors (Lipinski definition) is 1. The molecule has 0 saturated carbocycles. The molecule has 1 spiro atoms. The van der Waals surface area contributed by atoms with Crippen LogP contribution in [0.25, 0.3) is 0 Å². The van der Waals surface area contributed by atoms with Crippen molar-refractivity contribution >= 4 is 0 Å². The summed E-state index contributed by atoms with van der Waals surface area (Å²) < 4.78 is 19.4. The summed E-state index contributed by atoms with van der Waals surface area (Å²) in [4.78, 5) is 2.26. The largest absolute Gasteiger partial charge is 0.485 e. The van der Waals surface area contributed by atoms with Crippen LogP contribution in [0.4, 0.5) is 4.39 Å². The second kappa shape index (κ2) is 4.21. The van der Waals surface area contributed by atoms with Gasteiger partial charge in [0.1, 0.15) is 17.2 Å². The molecule has 1 unspecified atom stereocenters. The van der Waals surface area contributed by atoms with E-state index in [-0.39, 0.29) is 17.5 Å². The van der Waals surface area contributed by atoms with Gasteiger partial charge in [0.2, 0.25) is 0 Å². The van der Waals surface area contributed by atoms with E-state index in [1.54, 1.807) is 6.07 Å². The highest BCUT2D eigenvalue weighted by atomic mass is 19.1. The smallest absolute Gasteiger partial charge is 0.127 e. The number of rotatable bonds is 0. The Hall–Kier alpha value is -1.13. The minimum atomic E-state index is -0.262. The van der Waals surface area contributed by atoms with E-state index in [0.717, 1.165) is 37.9 Å². The third kappa shape index (κ3) is 1.99. The van der Waals surface area contributed by atoms with E-state index in [0.29, 0.717) is 5.75 Å². The molecule has 4 heteroatoms. The Labute approximate surface area is 107 Å². The Balaban J connectivity index is 1.94. The lowest BCUT2D eigenvalue weighted by Gasteiger charge is -2.46. The minimum Gasteiger partial charge on any atom is -0.485 e. The molecule has 2 atom stereocenters. The number of ether oxygens (including phenoxy) is 1. The maximum Gasteiger partial charge on any atom is 0.127 e. The summed E-state index contributed by atoms with van der Waals surface area (Å²) in [5.41, 5.74) is 6.92. The molecule has 0 aromatic heterocycles. The van der Waals surface area contributed by atoms with Crippen LogP contribution in [0.15, 0.2) is 18.2 Å². The average molecular weight is 250 g/mol. The van der Waals surface area contributed by atoms with Gasteiger partial charge in [-0.15, -0.1) is 0 Å². The molecule has 0 aliphatic carbocycles. The Morgan fingerprint density at radius 2 is 2.33 bits per heavy atom. The van der Waals surface area contributed by atoms with Crippen molar-refractivity contribution in [2.24, 2.45) is 5.73 Å². The van der Waals surface area contributed by atoms with Gasteiger partial charge in [-0.2, -0.15) is 0 Å². The maximum absolute atomic E-state index is 13.3. The Kier molecular flexibility index (Phi) is 2.79. The van der Waals surface area contributed by atoms with Crippen molar-refractivity contribution in [3.05, 3.63) is 29.6 Å². The van der Waals surface area contributed by atoms with Gasteiger partial charge in [-0.1, -0.05) is 6.07 Å². The lowest BCUT2D eigenvalue weighted by Crippen LogP contribution is -2.53. The molecule has 1 aromatic carbocycles. The van der Waals surface area contributed by atoms with Crippen molar-refractivity contribution in [1.82, 2.24) is 4.90 Å². The first kappa shape index (κ1) is 11.9. The van der Waals surface area contributed by atoms with Crippen molar-refractivity contribution < 1.29 is 9.13 Å². The highest BCUT2D eigenvalue weighted by molar-refractivity contribution is 5.39. The van der Waals surface area contributed by atoms with Gasteiger partial charge in [0.25, 0.3) is 0 Å². The van der Waals surface area contributed by atoms with Gasteiger partial charge in [-0.05, 0) is 32.5 Å². The molecule has 0 amide bonds. The van der Waals surface area contributed by atoms with E-state index in [9.17, 15) is 4.39 Å². The van der Waals surface area contributed by atoms with Crippen molar-refractivity contribution in [3.63, 3.8) is 0 Å². The van der Waals surface area contributed by atoms with E-state index in [1.165, 1.54) is 12.1 Å². The van der Waals surface area contributed by atoms with Crippen molar-refractivity contribution in [3.8, 4) is 5.75 Å². The number of benzene rings is 1. The van der Waals surface area contributed by atoms with E-state index in [2.05, 4.69) is 11.9 Å². The molecule has 18 heavy (non-hydrogen) atoms. The van der Waals surface area contributed by atoms with Crippen molar-refractivity contribution in [2.75, 3.05) is 20.1 Å². The molecule has 2 aliphatic rings. The minimum absolute atomic E-state index is 0.0548. The summed E-state index contributed by atoms with van der Waals surface area (Å²) in [5, 5.41) is 0. The predicted octanol–water partition coefficient (Wildman–Crippen LogP) is 2.07. The fraction of sp³-hybridized carbons (Fsp3) is 0.571. The molecule has 1 aromatic rings. The van der Waals surface area contributed by atoms with Gasteiger partial charge in [0, 0.05) is 30.6 Å². The number of nitrogens with zero attached hydrogens (tertiary/aromatic N) is 1. The second-order valence-corrected chi connectivity index (χ2v) is 5.62.